The molecule has 0 heterocycles. The maximum atomic E-state index is 13.0. The van der Waals surface area contributed by atoms with Crippen molar-refractivity contribution in [1.29, 1.82) is 0 Å². The van der Waals surface area contributed by atoms with Crippen LogP contribution in [0.15, 0.2) is 18.2 Å². The molecule has 106 valence electrons. The number of rotatable bonds is 6. The van der Waals surface area contributed by atoms with E-state index in [4.69, 9.17) is 5.73 Å². The van der Waals surface area contributed by atoms with Crippen LogP contribution in [-0.2, 0) is 4.79 Å². The molecular formula is C13H20FN3OS. The smallest absolute Gasteiger partial charge is 0.238 e. The molecule has 0 bridgehead atoms. The molecule has 0 saturated carbocycles. The first-order valence-electron chi connectivity index (χ1n) is 5.98. The van der Waals surface area contributed by atoms with Crippen molar-refractivity contribution in [2.45, 2.75) is 13.0 Å². The van der Waals surface area contributed by atoms with Crippen LogP contribution in [0.2, 0.25) is 0 Å². The van der Waals surface area contributed by atoms with E-state index >= 15 is 0 Å². The molecule has 3 N–H and O–H groups in total. The Hall–Kier alpha value is -1.27. The van der Waals surface area contributed by atoms with E-state index in [1.807, 2.05) is 18.2 Å². The molecule has 1 unspecified atom stereocenters. The highest BCUT2D eigenvalue weighted by molar-refractivity contribution is 7.98. The zero-order chi connectivity index (χ0) is 14.4. The summed E-state index contributed by atoms with van der Waals surface area (Å²) in [5.41, 5.74) is 5.98. The minimum Gasteiger partial charge on any atom is -0.396 e. The second-order valence-electron chi connectivity index (χ2n) is 4.50. The number of nitrogens with two attached hydrogens (primary N) is 1. The quantitative estimate of drug-likeness (QED) is 0.785. The van der Waals surface area contributed by atoms with E-state index in [-0.39, 0.29) is 11.6 Å². The van der Waals surface area contributed by atoms with E-state index < -0.39 is 5.82 Å². The van der Waals surface area contributed by atoms with Crippen LogP contribution in [-0.4, -0.2) is 42.4 Å². The summed E-state index contributed by atoms with van der Waals surface area (Å²) in [6.07, 6.45) is 2.03. The van der Waals surface area contributed by atoms with Gasteiger partial charge in [0.25, 0.3) is 0 Å². The average molecular weight is 285 g/mol. The number of nitrogens with zero attached hydrogens (tertiary/aromatic N) is 1. The zero-order valence-electron chi connectivity index (χ0n) is 11.4. The number of hydrogen-bond acceptors (Lipinski definition) is 4. The number of anilines is 2. The molecule has 4 nitrogen and oxygen atoms in total. The van der Waals surface area contributed by atoms with Gasteiger partial charge >= 0.3 is 0 Å². The number of thioether (sulfide) groups is 1. The highest BCUT2D eigenvalue weighted by atomic mass is 32.2. The Morgan fingerprint density at radius 3 is 2.84 bits per heavy atom. The third kappa shape index (κ3) is 5.08. The number of benzene rings is 1. The fraction of sp³-hybridized carbons (Fsp3) is 0.462. The largest absolute Gasteiger partial charge is 0.396 e. The molecule has 0 aliphatic rings. The molecule has 1 amide bonds. The van der Waals surface area contributed by atoms with E-state index in [1.54, 1.807) is 11.8 Å². The minimum atomic E-state index is -0.483. The van der Waals surface area contributed by atoms with Gasteiger partial charge in [0.15, 0.2) is 0 Å². The van der Waals surface area contributed by atoms with Crippen molar-refractivity contribution in [3.63, 3.8) is 0 Å². The number of carbonyl (C=O) groups is 1. The second kappa shape index (κ2) is 7.35. The van der Waals surface area contributed by atoms with Gasteiger partial charge in [0.1, 0.15) is 5.82 Å². The van der Waals surface area contributed by atoms with Crippen molar-refractivity contribution in [2.75, 3.05) is 36.7 Å². The van der Waals surface area contributed by atoms with Crippen molar-refractivity contribution in [3.8, 4) is 0 Å². The first kappa shape index (κ1) is 15.8. The third-order valence-corrected chi connectivity index (χ3v) is 3.65. The normalized spacial score (nSPS) is 12.5. The van der Waals surface area contributed by atoms with Crippen LogP contribution in [0, 0.1) is 5.82 Å². The summed E-state index contributed by atoms with van der Waals surface area (Å²) in [5.74, 6) is 0.345. The summed E-state index contributed by atoms with van der Waals surface area (Å²) >= 11 is 1.74. The molecule has 1 aromatic carbocycles. The van der Waals surface area contributed by atoms with Gasteiger partial charge in [-0.05, 0) is 38.4 Å². The Morgan fingerprint density at radius 1 is 1.58 bits per heavy atom. The maximum absolute atomic E-state index is 13.0. The lowest BCUT2D eigenvalue weighted by Gasteiger charge is -2.23. The molecule has 0 radical (unpaired) electrons. The summed E-state index contributed by atoms with van der Waals surface area (Å²) in [5, 5.41) is 2.70. The van der Waals surface area contributed by atoms with Crippen molar-refractivity contribution in [1.82, 2.24) is 4.90 Å². The van der Waals surface area contributed by atoms with Gasteiger partial charge in [-0.15, -0.1) is 0 Å². The number of likely N-dealkylation sites (N-methyl/N-ethyl adjacent to an activating group) is 1. The number of carbonyl (C=O) groups excluding carboxylic acids is 1. The molecular weight excluding hydrogens is 265 g/mol. The molecule has 0 aromatic heterocycles. The fourth-order valence-corrected chi connectivity index (χ4v) is 2.31. The standard InChI is InChI=1S/C13H20FN3OS/c1-9(8-19-3)17(2)7-13(18)16-10-4-5-11(14)12(15)6-10/h4-6,9H,7-8,15H2,1-3H3,(H,16,18). The molecule has 1 aromatic rings. The summed E-state index contributed by atoms with van der Waals surface area (Å²) in [7, 11) is 1.90. The molecule has 1 atom stereocenters. The molecule has 0 fully saturated rings. The lowest BCUT2D eigenvalue weighted by molar-refractivity contribution is -0.117. The van der Waals surface area contributed by atoms with Gasteiger partial charge in [0, 0.05) is 17.5 Å². The van der Waals surface area contributed by atoms with Gasteiger partial charge in [-0.3, -0.25) is 9.69 Å². The zero-order valence-corrected chi connectivity index (χ0v) is 12.3. The van der Waals surface area contributed by atoms with Crippen LogP contribution in [0.4, 0.5) is 15.8 Å². The maximum Gasteiger partial charge on any atom is 0.238 e. The Kier molecular flexibility index (Phi) is 6.11. The topological polar surface area (TPSA) is 58.4 Å². The SMILES string of the molecule is CSCC(C)N(C)CC(=O)Nc1ccc(F)c(N)c1. The van der Waals surface area contributed by atoms with Crippen LogP contribution in [0.25, 0.3) is 0 Å². The van der Waals surface area contributed by atoms with Crippen molar-refractivity contribution in [2.24, 2.45) is 0 Å². The van der Waals surface area contributed by atoms with E-state index in [2.05, 4.69) is 12.2 Å². The first-order chi connectivity index (χ1) is 8.93. The highest BCUT2D eigenvalue weighted by Gasteiger charge is 2.13. The molecule has 0 aliphatic carbocycles. The van der Waals surface area contributed by atoms with Gasteiger partial charge in [0.2, 0.25) is 5.91 Å². The first-order valence-corrected chi connectivity index (χ1v) is 7.37. The van der Waals surface area contributed by atoms with E-state index in [0.29, 0.717) is 18.3 Å². The predicted octanol–water partition coefficient (Wildman–Crippen LogP) is 2.03. The Morgan fingerprint density at radius 2 is 2.26 bits per heavy atom. The lowest BCUT2D eigenvalue weighted by Crippen LogP contribution is -2.37. The Balaban J connectivity index is 2.53. The third-order valence-electron chi connectivity index (χ3n) is 2.83. The van der Waals surface area contributed by atoms with Crippen LogP contribution >= 0.6 is 11.8 Å². The summed E-state index contributed by atoms with van der Waals surface area (Å²) < 4.78 is 13.0. The number of halogens is 1. The number of nitrogens with one attached hydrogen (secondary N) is 1. The van der Waals surface area contributed by atoms with Crippen molar-refractivity contribution in [3.05, 3.63) is 24.0 Å². The van der Waals surface area contributed by atoms with E-state index in [0.717, 1.165) is 5.75 Å². The number of amides is 1. The van der Waals surface area contributed by atoms with Crippen molar-refractivity contribution >= 4 is 29.0 Å². The van der Waals surface area contributed by atoms with Gasteiger partial charge in [-0.2, -0.15) is 11.8 Å². The van der Waals surface area contributed by atoms with Gasteiger partial charge < -0.3 is 11.1 Å². The molecule has 0 saturated heterocycles. The Labute approximate surface area is 117 Å². The molecule has 6 heteroatoms. The highest BCUT2D eigenvalue weighted by Crippen LogP contribution is 2.16. The van der Waals surface area contributed by atoms with Gasteiger partial charge in [-0.1, -0.05) is 0 Å². The van der Waals surface area contributed by atoms with Crippen LogP contribution in [0.5, 0.6) is 0 Å². The van der Waals surface area contributed by atoms with Crippen LogP contribution < -0.4 is 11.1 Å². The summed E-state index contributed by atoms with van der Waals surface area (Å²) in [6, 6.07) is 4.47. The van der Waals surface area contributed by atoms with Gasteiger partial charge in [-0.25, -0.2) is 4.39 Å². The number of hydrogen-bond donors (Lipinski definition) is 2. The molecule has 0 aliphatic heterocycles. The lowest BCUT2D eigenvalue weighted by atomic mass is 10.2. The summed E-state index contributed by atoms with van der Waals surface area (Å²) in [6.45, 7) is 2.36. The molecule has 19 heavy (non-hydrogen) atoms. The number of nitrogen functional groups attached to an aromatic ring is 1. The van der Waals surface area contributed by atoms with E-state index in [1.165, 1.54) is 18.2 Å². The van der Waals surface area contributed by atoms with Crippen LogP contribution in [0.1, 0.15) is 6.92 Å². The van der Waals surface area contributed by atoms with Gasteiger partial charge in [0.05, 0.1) is 12.2 Å². The predicted molar refractivity (Wildman–Crippen MR) is 79.9 cm³/mol. The van der Waals surface area contributed by atoms with Crippen LogP contribution in [0.3, 0.4) is 0 Å². The monoisotopic (exact) mass is 285 g/mol. The molecule has 1 rings (SSSR count). The fourth-order valence-electron chi connectivity index (χ4n) is 1.57. The van der Waals surface area contributed by atoms with Crippen molar-refractivity contribution < 1.29 is 9.18 Å². The molecule has 0 spiro atoms. The summed E-state index contributed by atoms with van der Waals surface area (Å²) in [4.78, 5) is 13.8. The van der Waals surface area contributed by atoms with E-state index in [9.17, 15) is 9.18 Å². The second-order valence-corrected chi connectivity index (χ2v) is 5.41. The average Bonchev–Trinajstić information content (AvgIpc) is 2.34. The minimum absolute atomic E-state index is 0.0295. The Bertz CT molecular complexity index is 442.